The second-order valence-electron chi connectivity index (χ2n) is 6.10. The quantitative estimate of drug-likeness (QED) is 0.883. The minimum atomic E-state index is 0.371. The molecule has 0 bridgehead atoms. The molecule has 1 saturated heterocycles. The Bertz CT molecular complexity index is 448. The fourth-order valence-corrected chi connectivity index (χ4v) is 3.94. The van der Waals surface area contributed by atoms with Gasteiger partial charge < -0.3 is 5.11 Å². The predicted octanol–water partition coefficient (Wildman–Crippen LogP) is 4.06. The molecule has 0 aromatic heterocycles. The molecule has 19 heavy (non-hydrogen) atoms. The van der Waals surface area contributed by atoms with Crippen LogP contribution in [0.1, 0.15) is 37.7 Å². The van der Waals surface area contributed by atoms with Gasteiger partial charge in [-0.1, -0.05) is 30.9 Å². The van der Waals surface area contributed by atoms with Crippen LogP contribution in [0, 0.1) is 11.8 Å². The van der Waals surface area contributed by atoms with Crippen LogP contribution >= 0.6 is 11.6 Å². The van der Waals surface area contributed by atoms with E-state index in [2.05, 4.69) is 4.90 Å². The number of aromatic hydroxyl groups is 1. The maximum Gasteiger partial charge on any atom is 0.120 e. The molecule has 0 radical (unpaired) electrons. The number of fused-ring (bicyclic) bond motifs is 1. The zero-order valence-corrected chi connectivity index (χ0v) is 12.1. The molecule has 1 aromatic carbocycles. The summed E-state index contributed by atoms with van der Waals surface area (Å²) in [5.74, 6) is 2.21. The number of phenols is 1. The largest absolute Gasteiger partial charge is 0.508 e. The van der Waals surface area contributed by atoms with E-state index in [1.165, 1.54) is 38.6 Å². The number of nitrogens with zero attached hydrogens (tertiary/aromatic N) is 1. The molecule has 1 heterocycles. The molecule has 3 heteroatoms. The molecule has 1 aliphatic carbocycles. The van der Waals surface area contributed by atoms with Gasteiger partial charge in [0, 0.05) is 23.7 Å². The van der Waals surface area contributed by atoms with Crippen LogP contribution in [0.4, 0.5) is 0 Å². The van der Waals surface area contributed by atoms with Gasteiger partial charge in [0.25, 0.3) is 0 Å². The number of hydrogen-bond acceptors (Lipinski definition) is 2. The first-order chi connectivity index (χ1) is 9.22. The maximum atomic E-state index is 9.91. The Labute approximate surface area is 120 Å². The van der Waals surface area contributed by atoms with Gasteiger partial charge in [0.15, 0.2) is 0 Å². The summed E-state index contributed by atoms with van der Waals surface area (Å²) < 4.78 is 0. The van der Waals surface area contributed by atoms with Gasteiger partial charge in [0.1, 0.15) is 5.75 Å². The van der Waals surface area contributed by atoms with Crippen molar-refractivity contribution >= 4 is 11.6 Å². The van der Waals surface area contributed by atoms with Crippen molar-refractivity contribution < 1.29 is 5.11 Å². The molecular formula is C16H22ClNO. The van der Waals surface area contributed by atoms with Crippen molar-refractivity contribution in [3.63, 3.8) is 0 Å². The average Bonchev–Trinajstić information content (AvgIpc) is 2.43. The van der Waals surface area contributed by atoms with Gasteiger partial charge >= 0.3 is 0 Å². The molecule has 3 rings (SSSR count). The summed E-state index contributed by atoms with van der Waals surface area (Å²) in [4.78, 5) is 2.48. The van der Waals surface area contributed by atoms with Gasteiger partial charge in [-0.2, -0.15) is 0 Å². The highest BCUT2D eigenvalue weighted by molar-refractivity contribution is 6.30. The van der Waals surface area contributed by atoms with E-state index in [0.29, 0.717) is 10.8 Å². The molecule has 2 fully saturated rings. The van der Waals surface area contributed by atoms with Gasteiger partial charge in [-0.05, 0) is 49.4 Å². The van der Waals surface area contributed by atoms with E-state index < -0.39 is 0 Å². The third kappa shape index (κ3) is 3.06. The number of halogens is 1. The molecule has 2 nitrogen and oxygen atoms in total. The lowest BCUT2D eigenvalue weighted by atomic mass is 9.75. The van der Waals surface area contributed by atoms with Crippen LogP contribution < -0.4 is 0 Å². The van der Waals surface area contributed by atoms with Crippen LogP contribution in [0.3, 0.4) is 0 Å². The molecule has 2 aliphatic rings. The van der Waals surface area contributed by atoms with Crippen LogP contribution in [0.2, 0.25) is 5.02 Å². The number of piperidine rings is 1. The van der Waals surface area contributed by atoms with Crippen molar-refractivity contribution in [2.24, 2.45) is 11.8 Å². The van der Waals surface area contributed by atoms with E-state index in [1.54, 1.807) is 12.1 Å². The molecule has 1 aromatic rings. The molecule has 2 atom stereocenters. The minimum absolute atomic E-state index is 0.371. The van der Waals surface area contributed by atoms with Crippen LogP contribution in [0.5, 0.6) is 5.75 Å². The zero-order chi connectivity index (χ0) is 13.2. The summed E-state index contributed by atoms with van der Waals surface area (Å²) in [6.07, 6.45) is 6.98. The van der Waals surface area contributed by atoms with E-state index >= 15 is 0 Å². The number of phenolic OH excluding ortho intramolecular Hbond substituents is 1. The van der Waals surface area contributed by atoms with Crippen molar-refractivity contribution in [3.05, 3.63) is 28.8 Å². The highest BCUT2D eigenvalue weighted by Gasteiger charge is 2.31. The summed E-state index contributed by atoms with van der Waals surface area (Å²) in [6.45, 7) is 3.18. The van der Waals surface area contributed by atoms with Gasteiger partial charge in [-0.25, -0.2) is 0 Å². The highest BCUT2D eigenvalue weighted by Crippen LogP contribution is 2.36. The Hall–Kier alpha value is -0.730. The van der Waals surface area contributed by atoms with Gasteiger partial charge in [0.05, 0.1) is 0 Å². The lowest BCUT2D eigenvalue weighted by Crippen LogP contribution is -2.41. The SMILES string of the molecule is Oc1ccc(Cl)cc1CN1CCC2CCCCC2C1. The maximum absolute atomic E-state index is 9.91. The first kappa shape index (κ1) is 13.3. The average molecular weight is 280 g/mol. The second kappa shape index (κ2) is 5.72. The summed E-state index contributed by atoms with van der Waals surface area (Å²) in [7, 11) is 0. The van der Waals surface area contributed by atoms with E-state index in [0.717, 1.165) is 30.5 Å². The Morgan fingerprint density at radius 3 is 2.79 bits per heavy atom. The monoisotopic (exact) mass is 279 g/mol. The van der Waals surface area contributed by atoms with Crippen LogP contribution in [-0.4, -0.2) is 23.1 Å². The Morgan fingerprint density at radius 2 is 1.95 bits per heavy atom. The predicted molar refractivity (Wildman–Crippen MR) is 78.5 cm³/mol. The minimum Gasteiger partial charge on any atom is -0.508 e. The molecule has 0 amide bonds. The third-order valence-corrected chi connectivity index (χ3v) is 5.05. The Kier molecular flexibility index (Phi) is 3.99. The van der Waals surface area contributed by atoms with Crippen molar-refractivity contribution in [2.45, 2.75) is 38.6 Å². The van der Waals surface area contributed by atoms with Gasteiger partial charge in [0.2, 0.25) is 0 Å². The molecule has 104 valence electrons. The third-order valence-electron chi connectivity index (χ3n) is 4.81. The van der Waals surface area contributed by atoms with Gasteiger partial charge in [-0.15, -0.1) is 0 Å². The van der Waals surface area contributed by atoms with Crippen LogP contribution in [0.25, 0.3) is 0 Å². The summed E-state index contributed by atoms with van der Waals surface area (Å²) in [6, 6.07) is 5.34. The first-order valence-electron chi connectivity index (χ1n) is 7.42. The standard InChI is InChI=1S/C16H22ClNO/c17-15-5-6-16(19)14(9-15)11-18-8-7-12-3-1-2-4-13(12)10-18/h5-6,9,12-13,19H,1-4,7-8,10-11H2. The zero-order valence-electron chi connectivity index (χ0n) is 11.3. The molecule has 1 N–H and O–H groups in total. The fourth-order valence-electron chi connectivity index (χ4n) is 3.74. The smallest absolute Gasteiger partial charge is 0.120 e. The van der Waals surface area contributed by atoms with Crippen molar-refractivity contribution in [3.8, 4) is 5.75 Å². The van der Waals surface area contributed by atoms with Gasteiger partial charge in [-0.3, -0.25) is 4.90 Å². The molecule has 2 unspecified atom stereocenters. The van der Waals surface area contributed by atoms with E-state index in [9.17, 15) is 5.11 Å². The van der Waals surface area contributed by atoms with Crippen molar-refractivity contribution in [1.82, 2.24) is 4.90 Å². The summed E-state index contributed by atoms with van der Waals surface area (Å²) >= 11 is 6.02. The molecule has 1 saturated carbocycles. The van der Waals surface area contributed by atoms with E-state index in [4.69, 9.17) is 11.6 Å². The Morgan fingerprint density at radius 1 is 1.16 bits per heavy atom. The Balaban J connectivity index is 1.65. The first-order valence-corrected chi connectivity index (χ1v) is 7.80. The molecule has 0 spiro atoms. The second-order valence-corrected chi connectivity index (χ2v) is 6.54. The molecule has 1 aliphatic heterocycles. The number of hydrogen-bond donors (Lipinski definition) is 1. The lowest BCUT2D eigenvalue weighted by Gasteiger charge is -2.41. The van der Waals surface area contributed by atoms with E-state index in [-0.39, 0.29) is 0 Å². The fraction of sp³-hybridized carbons (Fsp3) is 0.625. The van der Waals surface area contributed by atoms with Crippen molar-refractivity contribution in [2.75, 3.05) is 13.1 Å². The highest BCUT2D eigenvalue weighted by atomic mass is 35.5. The number of benzene rings is 1. The van der Waals surface area contributed by atoms with Crippen molar-refractivity contribution in [1.29, 1.82) is 0 Å². The lowest BCUT2D eigenvalue weighted by molar-refractivity contribution is 0.0815. The summed E-state index contributed by atoms with van der Waals surface area (Å²) in [5, 5.41) is 10.6. The van der Waals surface area contributed by atoms with Crippen LogP contribution in [0.15, 0.2) is 18.2 Å². The normalized spacial score (nSPS) is 28.1. The summed E-state index contributed by atoms with van der Waals surface area (Å²) in [5.41, 5.74) is 0.960. The molecular weight excluding hydrogens is 258 g/mol. The topological polar surface area (TPSA) is 23.5 Å². The number of likely N-dealkylation sites (tertiary alicyclic amines) is 1. The van der Waals surface area contributed by atoms with Crippen LogP contribution in [-0.2, 0) is 6.54 Å². The van der Waals surface area contributed by atoms with E-state index in [1.807, 2.05) is 6.07 Å². The number of rotatable bonds is 2.